The van der Waals surface area contributed by atoms with E-state index < -0.39 is 27.9 Å². The average molecular weight is 550 g/mol. The fraction of sp³-hybridized carbons (Fsp3) is 0.333. The van der Waals surface area contributed by atoms with E-state index in [-0.39, 0.29) is 49.3 Å². The zero-order valence-corrected chi connectivity index (χ0v) is 21.1. The number of nitro groups is 1. The zero-order valence-electron chi connectivity index (χ0n) is 19.5. The minimum absolute atomic E-state index is 0.0549. The van der Waals surface area contributed by atoms with Gasteiger partial charge in [0, 0.05) is 25.1 Å². The number of likely N-dealkylation sites (tertiary alicyclic amines) is 1. The fourth-order valence-electron chi connectivity index (χ4n) is 3.23. The molecule has 37 heavy (non-hydrogen) atoms. The molecule has 1 fully saturated rings. The molecule has 1 saturated heterocycles. The Hall–Kier alpha value is -3.64. The summed E-state index contributed by atoms with van der Waals surface area (Å²) in [6.07, 6.45) is -0.0231. The molecular weight excluding hydrogens is 526 g/mol. The van der Waals surface area contributed by atoms with Gasteiger partial charge < -0.3 is 19.7 Å². The third kappa shape index (κ3) is 8.46. The number of carbonyl (C=O) groups excluding carboxylic acids is 4. The molecule has 0 radical (unpaired) electrons. The van der Waals surface area contributed by atoms with Crippen LogP contribution in [0.3, 0.4) is 0 Å². The molecular formula is C24H24ClN3O8S. The Morgan fingerprint density at radius 3 is 2.38 bits per heavy atom. The van der Waals surface area contributed by atoms with E-state index in [0.29, 0.717) is 12.0 Å². The second kappa shape index (κ2) is 13.6. The van der Waals surface area contributed by atoms with E-state index in [2.05, 4.69) is 5.32 Å². The maximum Gasteiger partial charge on any atom is 0.407 e. The number of thioether (sulfide) groups is 1. The molecule has 0 aliphatic carbocycles. The monoisotopic (exact) mass is 549 g/mol. The van der Waals surface area contributed by atoms with Gasteiger partial charge in [0.15, 0.2) is 5.12 Å². The first-order valence-corrected chi connectivity index (χ1v) is 12.6. The largest absolute Gasteiger partial charge is 0.458 e. The van der Waals surface area contributed by atoms with Crippen LogP contribution in [0.1, 0.15) is 30.4 Å². The van der Waals surface area contributed by atoms with Crippen LogP contribution in [0.5, 0.6) is 0 Å². The molecule has 1 N–H and O–H groups in total. The van der Waals surface area contributed by atoms with Gasteiger partial charge in [0.25, 0.3) is 5.69 Å². The Labute approximate surface area is 221 Å². The lowest BCUT2D eigenvalue weighted by atomic mass is 10.2. The third-order valence-electron chi connectivity index (χ3n) is 5.22. The molecule has 2 amide bonds. The number of benzene rings is 2. The number of amides is 2. The number of esters is 1. The van der Waals surface area contributed by atoms with Crippen LogP contribution < -0.4 is 5.32 Å². The number of rotatable bonds is 12. The highest BCUT2D eigenvalue weighted by atomic mass is 35.5. The Bertz CT molecular complexity index is 1130. The van der Waals surface area contributed by atoms with E-state index in [0.717, 1.165) is 22.2 Å². The summed E-state index contributed by atoms with van der Waals surface area (Å²) in [7, 11) is 0. The van der Waals surface area contributed by atoms with E-state index in [1.54, 1.807) is 0 Å². The lowest BCUT2D eigenvalue weighted by Crippen LogP contribution is -2.57. The van der Waals surface area contributed by atoms with Crippen molar-refractivity contribution in [1.82, 2.24) is 10.2 Å². The first kappa shape index (κ1) is 27.9. The molecule has 2 aromatic carbocycles. The van der Waals surface area contributed by atoms with Crippen molar-refractivity contribution in [1.29, 1.82) is 0 Å². The average Bonchev–Trinajstić information content (AvgIpc) is 2.88. The summed E-state index contributed by atoms with van der Waals surface area (Å²) in [6.45, 7) is 0.197. The van der Waals surface area contributed by atoms with Crippen molar-refractivity contribution < 1.29 is 33.6 Å². The van der Waals surface area contributed by atoms with Crippen molar-refractivity contribution in [3.63, 3.8) is 0 Å². The number of alkyl carbamates (subject to hydrolysis) is 1. The van der Waals surface area contributed by atoms with Gasteiger partial charge in [-0.1, -0.05) is 53.7 Å². The van der Waals surface area contributed by atoms with Crippen LogP contribution in [0, 0.1) is 10.1 Å². The number of hydrogen-bond acceptors (Lipinski definition) is 9. The molecule has 2 aromatic rings. The minimum atomic E-state index is -1.41. The molecule has 1 unspecified atom stereocenters. The molecule has 0 saturated carbocycles. The predicted molar refractivity (Wildman–Crippen MR) is 134 cm³/mol. The fourth-order valence-corrected chi connectivity index (χ4v) is 4.75. The van der Waals surface area contributed by atoms with E-state index >= 15 is 0 Å². The number of hydrogen-bond donors (Lipinski definition) is 1. The zero-order chi connectivity index (χ0) is 26.8. The van der Waals surface area contributed by atoms with Crippen molar-refractivity contribution >= 4 is 52.1 Å². The van der Waals surface area contributed by atoms with E-state index in [9.17, 15) is 29.3 Å². The molecule has 1 aliphatic rings. The number of halogens is 1. The molecule has 13 heteroatoms. The predicted octanol–water partition coefficient (Wildman–Crippen LogP) is 3.73. The minimum Gasteiger partial charge on any atom is -0.458 e. The van der Waals surface area contributed by atoms with Gasteiger partial charge in [-0.3, -0.25) is 19.7 Å². The van der Waals surface area contributed by atoms with Crippen LogP contribution in [-0.4, -0.2) is 50.3 Å². The van der Waals surface area contributed by atoms with Gasteiger partial charge in [0.05, 0.1) is 16.7 Å². The summed E-state index contributed by atoms with van der Waals surface area (Å²) in [5, 5.41) is 12.5. The number of nitro benzene ring substituents is 1. The molecule has 0 aromatic heterocycles. The summed E-state index contributed by atoms with van der Waals surface area (Å²) in [6, 6.07) is 14.7. The summed E-state index contributed by atoms with van der Waals surface area (Å²) in [5.74, 6) is -1.26. The molecule has 0 bridgehead atoms. The van der Waals surface area contributed by atoms with Gasteiger partial charge in [-0.25, -0.2) is 9.59 Å². The molecule has 196 valence electrons. The topological polar surface area (TPSA) is 145 Å². The summed E-state index contributed by atoms with van der Waals surface area (Å²) in [5.41, 5.74) is -0.140. The number of non-ortho nitro benzene ring substituents is 1. The van der Waals surface area contributed by atoms with Crippen LogP contribution in [0.25, 0.3) is 0 Å². The molecule has 3 rings (SSSR count). The van der Waals surface area contributed by atoms with Crippen molar-refractivity contribution in [3.8, 4) is 0 Å². The van der Waals surface area contributed by atoms with Crippen LogP contribution in [-0.2, 0) is 37.1 Å². The van der Waals surface area contributed by atoms with E-state index in [4.69, 9.17) is 21.1 Å². The van der Waals surface area contributed by atoms with Crippen LogP contribution in [0.2, 0.25) is 0 Å². The summed E-state index contributed by atoms with van der Waals surface area (Å²) in [4.78, 5) is 59.6. The lowest BCUT2D eigenvalue weighted by molar-refractivity contribution is -0.384. The standard InChI is InChI=1S/C24H24ClN3O8S/c25-22(23(31)35-14-17-8-10-18(11-9-17)28(33)34)27-19(29)13-20(27)37-21(30)7-4-12-26-24(32)36-15-16-5-2-1-3-6-16/h1-3,5-6,8-11,20,22H,4,7,12-15H2,(H,26,32)/t20-,22?/m1/s1. The quantitative estimate of drug-likeness (QED) is 0.0795. The number of carbonyl (C=O) groups is 4. The Kier molecular flexibility index (Phi) is 10.3. The first-order chi connectivity index (χ1) is 17.7. The molecule has 2 atom stereocenters. The second-order valence-corrected chi connectivity index (χ2v) is 9.56. The molecule has 1 aliphatic heterocycles. The van der Waals surface area contributed by atoms with E-state index in [1.165, 1.54) is 24.3 Å². The van der Waals surface area contributed by atoms with Crippen LogP contribution >= 0.6 is 23.4 Å². The number of nitrogens with zero attached hydrogens (tertiary/aromatic N) is 2. The molecule has 11 nitrogen and oxygen atoms in total. The van der Waals surface area contributed by atoms with Crippen LogP contribution in [0.4, 0.5) is 10.5 Å². The Balaban J connectivity index is 1.34. The number of nitrogens with one attached hydrogen (secondary N) is 1. The third-order valence-corrected chi connectivity index (χ3v) is 6.74. The van der Waals surface area contributed by atoms with Gasteiger partial charge in [0.1, 0.15) is 13.2 Å². The highest BCUT2D eigenvalue weighted by Gasteiger charge is 2.45. The Morgan fingerprint density at radius 1 is 1.08 bits per heavy atom. The van der Waals surface area contributed by atoms with Crippen molar-refractivity contribution in [3.05, 3.63) is 75.8 Å². The van der Waals surface area contributed by atoms with Gasteiger partial charge in [0.2, 0.25) is 11.4 Å². The van der Waals surface area contributed by atoms with Crippen molar-refractivity contribution in [2.45, 2.75) is 43.4 Å². The lowest BCUT2D eigenvalue weighted by Gasteiger charge is -2.41. The van der Waals surface area contributed by atoms with Gasteiger partial charge in [-0.2, -0.15) is 0 Å². The first-order valence-electron chi connectivity index (χ1n) is 11.2. The maximum atomic E-state index is 12.3. The SMILES string of the molecule is O=C(NCCCC(=O)S[C@@H]1CC(=O)N1C(Cl)C(=O)OCc1ccc([N+](=O)[O-])cc1)OCc1ccccc1. The number of alkyl halides is 1. The Morgan fingerprint density at radius 2 is 1.73 bits per heavy atom. The van der Waals surface area contributed by atoms with Crippen LogP contribution in [0.15, 0.2) is 54.6 Å². The van der Waals surface area contributed by atoms with Gasteiger partial charge in [-0.05, 0) is 29.7 Å². The summed E-state index contributed by atoms with van der Waals surface area (Å²) >= 11 is 7.03. The van der Waals surface area contributed by atoms with Crippen molar-refractivity contribution in [2.24, 2.45) is 0 Å². The highest BCUT2D eigenvalue weighted by Crippen LogP contribution is 2.34. The van der Waals surface area contributed by atoms with E-state index in [1.807, 2.05) is 30.3 Å². The summed E-state index contributed by atoms with van der Waals surface area (Å²) < 4.78 is 10.2. The molecule has 1 heterocycles. The maximum absolute atomic E-state index is 12.3. The normalized spacial score (nSPS) is 15.3. The number of ether oxygens (including phenoxy) is 2. The number of β-lactam (4-membered cyclic amide) rings is 1. The second-order valence-electron chi connectivity index (χ2n) is 7.91. The highest BCUT2D eigenvalue weighted by molar-refractivity contribution is 8.14. The molecule has 0 spiro atoms. The van der Waals surface area contributed by atoms with Gasteiger partial charge in [-0.15, -0.1) is 0 Å². The smallest absolute Gasteiger partial charge is 0.407 e. The van der Waals surface area contributed by atoms with Gasteiger partial charge >= 0.3 is 12.1 Å². The van der Waals surface area contributed by atoms with Crippen molar-refractivity contribution in [2.75, 3.05) is 6.54 Å².